The first-order valence-corrected chi connectivity index (χ1v) is 8.02. The third-order valence-corrected chi connectivity index (χ3v) is 4.04. The van der Waals surface area contributed by atoms with Crippen molar-refractivity contribution in [2.45, 2.75) is 26.7 Å². The Kier molecular flexibility index (Phi) is 4.47. The van der Waals surface area contributed by atoms with Gasteiger partial charge in [-0.25, -0.2) is 0 Å². The average molecular weight is 306 g/mol. The fraction of sp³-hybridized carbons (Fsp3) is 0.250. The molecular weight excluding hydrogens is 284 g/mol. The number of nitrogens with zero attached hydrogens (tertiary/aromatic N) is 1. The summed E-state index contributed by atoms with van der Waals surface area (Å²) in [5.41, 5.74) is 6.74. The molecule has 0 aliphatic rings. The van der Waals surface area contributed by atoms with E-state index in [9.17, 15) is 0 Å². The minimum absolute atomic E-state index is 0.880. The second-order valence-electron chi connectivity index (χ2n) is 5.75. The normalized spacial score (nSPS) is 10.7. The Morgan fingerprint density at radius 1 is 1.09 bits per heavy atom. The van der Waals surface area contributed by atoms with Gasteiger partial charge in [-0.2, -0.15) is 5.10 Å². The van der Waals surface area contributed by atoms with Crippen LogP contribution in [0.1, 0.15) is 24.5 Å². The molecule has 3 heteroatoms. The van der Waals surface area contributed by atoms with Crippen LogP contribution in [0.2, 0.25) is 0 Å². The number of rotatable bonds is 5. The maximum Gasteiger partial charge on any atom is 0.128 e. The first-order valence-electron chi connectivity index (χ1n) is 8.02. The maximum absolute atomic E-state index is 5.58. The van der Waals surface area contributed by atoms with Crippen molar-refractivity contribution in [3.8, 4) is 28.3 Å². The van der Waals surface area contributed by atoms with E-state index >= 15 is 0 Å². The van der Waals surface area contributed by atoms with Crippen molar-refractivity contribution in [3.05, 3.63) is 59.7 Å². The van der Waals surface area contributed by atoms with E-state index in [-0.39, 0.29) is 0 Å². The zero-order valence-corrected chi connectivity index (χ0v) is 13.9. The lowest BCUT2D eigenvalue weighted by molar-refractivity contribution is 0.416. The molecule has 1 aromatic heterocycles. The van der Waals surface area contributed by atoms with Gasteiger partial charge in [-0.05, 0) is 31.0 Å². The summed E-state index contributed by atoms with van der Waals surface area (Å²) < 4.78 is 5.58. The van der Waals surface area contributed by atoms with Gasteiger partial charge in [0.2, 0.25) is 0 Å². The predicted molar refractivity (Wildman–Crippen MR) is 94.7 cm³/mol. The highest BCUT2D eigenvalue weighted by Gasteiger charge is 2.18. The van der Waals surface area contributed by atoms with E-state index in [1.165, 1.54) is 11.1 Å². The molecule has 1 heterocycles. The lowest BCUT2D eigenvalue weighted by Crippen LogP contribution is -1.93. The summed E-state index contributed by atoms with van der Waals surface area (Å²) in [4.78, 5) is 0. The number of ether oxygens (including phenoxy) is 1. The molecule has 0 bridgehead atoms. The van der Waals surface area contributed by atoms with Crippen LogP contribution in [-0.2, 0) is 6.42 Å². The van der Waals surface area contributed by atoms with Gasteiger partial charge in [0.15, 0.2) is 0 Å². The van der Waals surface area contributed by atoms with Gasteiger partial charge in [-0.3, -0.25) is 5.10 Å². The summed E-state index contributed by atoms with van der Waals surface area (Å²) in [7, 11) is 1.71. The van der Waals surface area contributed by atoms with Gasteiger partial charge in [0.25, 0.3) is 0 Å². The molecule has 0 radical (unpaired) electrons. The van der Waals surface area contributed by atoms with Crippen molar-refractivity contribution in [2.75, 3.05) is 7.11 Å². The molecule has 0 spiro atoms. The number of hydrogen-bond donors (Lipinski definition) is 1. The van der Waals surface area contributed by atoms with E-state index < -0.39 is 0 Å². The van der Waals surface area contributed by atoms with Crippen molar-refractivity contribution < 1.29 is 4.74 Å². The quantitative estimate of drug-likeness (QED) is 0.719. The monoisotopic (exact) mass is 306 g/mol. The molecule has 0 aliphatic heterocycles. The third kappa shape index (κ3) is 3.00. The Balaban J connectivity index is 2.16. The van der Waals surface area contributed by atoms with Crippen LogP contribution in [0.4, 0.5) is 0 Å². The zero-order valence-electron chi connectivity index (χ0n) is 13.9. The molecule has 23 heavy (non-hydrogen) atoms. The smallest absolute Gasteiger partial charge is 0.128 e. The molecule has 0 saturated heterocycles. The molecule has 0 saturated carbocycles. The number of H-pyrrole nitrogens is 1. The van der Waals surface area contributed by atoms with Gasteiger partial charge >= 0.3 is 0 Å². The molecule has 2 aromatic carbocycles. The van der Waals surface area contributed by atoms with Crippen LogP contribution in [-0.4, -0.2) is 17.3 Å². The largest absolute Gasteiger partial charge is 0.496 e. The van der Waals surface area contributed by atoms with Gasteiger partial charge < -0.3 is 4.74 Å². The second-order valence-corrected chi connectivity index (χ2v) is 5.75. The number of aromatic nitrogens is 2. The number of benzene rings is 2. The Morgan fingerprint density at radius 3 is 2.57 bits per heavy atom. The number of aromatic amines is 1. The molecule has 118 valence electrons. The van der Waals surface area contributed by atoms with Crippen molar-refractivity contribution in [2.24, 2.45) is 0 Å². The number of hydrogen-bond acceptors (Lipinski definition) is 2. The molecular formula is C20H22N2O. The van der Waals surface area contributed by atoms with Gasteiger partial charge in [-0.15, -0.1) is 0 Å². The first kappa shape index (κ1) is 15.3. The summed E-state index contributed by atoms with van der Waals surface area (Å²) in [6.45, 7) is 4.26. The Morgan fingerprint density at radius 2 is 1.87 bits per heavy atom. The number of aryl methyl sites for hydroxylation is 1. The summed E-state index contributed by atoms with van der Waals surface area (Å²) >= 11 is 0. The Bertz CT molecular complexity index is 791. The van der Waals surface area contributed by atoms with Crippen LogP contribution in [0.15, 0.2) is 48.5 Å². The van der Waals surface area contributed by atoms with Crippen molar-refractivity contribution in [1.29, 1.82) is 0 Å². The predicted octanol–water partition coefficient (Wildman–Crippen LogP) is 5.01. The van der Waals surface area contributed by atoms with Crippen LogP contribution in [0.3, 0.4) is 0 Å². The second kappa shape index (κ2) is 6.69. The molecule has 3 nitrogen and oxygen atoms in total. The fourth-order valence-electron chi connectivity index (χ4n) is 2.92. The topological polar surface area (TPSA) is 37.9 Å². The highest BCUT2D eigenvalue weighted by Crippen LogP contribution is 2.36. The number of nitrogens with one attached hydrogen (secondary N) is 1. The zero-order chi connectivity index (χ0) is 16.2. The van der Waals surface area contributed by atoms with Crippen molar-refractivity contribution in [1.82, 2.24) is 10.2 Å². The van der Waals surface area contributed by atoms with E-state index in [1.807, 2.05) is 18.2 Å². The molecule has 0 fully saturated rings. The first-order chi connectivity index (χ1) is 11.2. The highest BCUT2D eigenvalue weighted by atomic mass is 16.5. The lowest BCUT2D eigenvalue weighted by atomic mass is 9.97. The van der Waals surface area contributed by atoms with Gasteiger partial charge in [-0.1, -0.05) is 49.7 Å². The minimum Gasteiger partial charge on any atom is -0.496 e. The van der Waals surface area contributed by atoms with Crippen LogP contribution < -0.4 is 4.74 Å². The summed E-state index contributed by atoms with van der Waals surface area (Å²) in [6, 6.07) is 16.6. The SMILES string of the molecule is CCCc1c(-c2ccccc2)n[nH]c1-c1ccc(C)cc1OC. The van der Waals surface area contributed by atoms with Crippen molar-refractivity contribution in [3.63, 3.8) is 0 Å². The van der Waals surface area contributed by atoms with Crippen LogP contribution in [0.25, 0.3) is 22.5 Å². The summed E-state index contributed by atoms with van der Waals surface area (Å²) in [5, 5.41) is 7.84. The molecule has 3 aromatic rings. The lowest BCUT2D eigenvalue weighted by Gasteiger charge is -2.10. The van der Waals surface area contributed by atoms with E-state index in [0.717, 1.165) is 41.1 Å². The van der Waals surface area contributed by atoms with Crippen LogP contribution in [0, 0.1) is 6.92 Å². The molecule has 0 atom stereocenters. The fourth-order valence-corrected chi connectivity index (χ4v) is 2.92. The van der Waals surface area contributed by atoms with Crippen LogP contribution in [0.5, 0.6) is 5.75 Å². The third-order valence-electron chi connectivity index (χ3n) is 4.04. The maximum atomic E-state index is 5.58. The molecule has 0 aliphatic carbocycles. The summed E-state index contributed by atoms with van der Waals surface area (Å²) in [5.74, 6) is 0.880. The van der Waals surface area contributed by atoms with Gasteiger partial charge in [0.1, 0.15) is 5.75 Å². The molecule has 3 rings (SSSR count). The average Bonchev–Trinajstić information content (AvgIpc) is 2.99. The van der Waals surface area contributed by atoms with E-state index in [0.29, 0.717) is 0 Å². The van der Waals surface area contributed by atoms with E-state index in [2.05, 4.69) is 54.4 Å². The molecule has 0 unspecified atom stereocenters. The van der Waals surface area contributed by atoms with Crippen LogP contribution >= 0.6 is 0 Å². The summed E-state index contributed by atoms with van der Waals surface area (Å²) in [6.07, 6.45) is 2.05. The minimum atomic E-state index is 0.880. The van der Waals surface area contributed by atoms with Gasteiger partial charge in [0, 0.05) is 16.7 Å². The van der Waals surface area contributed by atoms with Crippen molar-refractivity contribution >= 4 is 0 Å². The van der Waals surface area contributed by atoms with E-state index in [1.54, 1.807) is 7.11 Å². The van der Waals surface area contributed by atoms with E-state index in [4.69, 9.17) is 4.74 Å². The van der Waals surface area contributed by atoms with Gasteiger partial charge in [0.05, 0.1) is 18.5 Å². The molecule has 1 N–H and O–H groups in total. The highest BCUT2D eigenvalue weighted by molar-refractivity contribution is 5.77. The standard InChI is InChI=1S/C20H22N2O/c1-4-8-17-19(15-9-6-5-7-10-15)21-22-20(17)16-12-11-14(2)13-18(16)23-3/h5-7,9-13H,4,8H2,1-3H3,(H,21,22). The molecule has 0 amide bonds. The Hall–Kier alpha value is -2.55. The number of methoxy groups -OCH3 is 1. The Labute approximate surface area is 137 Å².